The maximum absolute atomic E-state index is 12.4. The number of alkyl halides is 2. The van der Waals surface area contributed by atoms with Crippen molar-refractivity contribution in [2.75, 3.05) is 5.32 Å². The molecule has 2 rings (SSSR count). The largest absolute Gasteiger partial charge is 0.380 e. The van der Waals surface area contributed by atoms with Crippen molar-refractivity contribution in [2.45, 2.75) is 17.2 Å². The second-order valence-corrected chi connectivity index (χ2v) is 7.61. The van der Waals surface area contributed by atoms with E-state index in [1.165, 1.54) is 23.5 Å². The molecule has 0 aliphatic rings. The molecule has 0 unspecified atom stereocenters. The Morgan fingerprint density at radius 1 is 1.15 bits per heavy atom. The van der Waals surface area contributed by atoms with E-state index in [1.54, 1.807) is 6.07 Å². The van der Waals surface area contributed by atoms with E-state index in [2.05, 4.69) is 5.32 Å². The second-order valence-electron chi connectivity index (χ2n) is 3.89. The van der Waals surface area contributed by atoms with Gasteiger partial charge in [0, 0.05) is 17.1 Å². The lowest BCUT2D eigenvalue weighted by atomic mass is 10.3. The SMILES string of the molecule is O=S(=O)(c1ccc(NCc2ccc(Cl)s2)cc1)C(F)F. The van der Waals surface area contributed by atoms with Gasteiger partial charge in [0.15, 0.2) is 0 Å². The van der Waals surface area contributed by atoms with Crippen molar-refractivity contribution in [1.29, 1.82) is 0 Å². The van der Waals surface area contributed by atoms with Crippen LogP contribution in [0.5, 0.6) is 0 Å². The molecule has 0 bridgehead atoms. The number of anilines is 1. The monoisotopic (exact) mass is 337 g/mol. The molecular weight excluding hydrogens is 328 g/mol. The summed E-state index contributed by atoms with van der Waals surface area (Å²) in [5.74, 6) is -3.41. The van der Waals surface area contributed by atoms with Gasteiger partial charge < -0.3 is 5.32 Å². The number of rotatable bonds is 5. The first-order valence-electron chi connectivity index (χ1n) is 5.50. The summed E-state index contributed by atoms with van der Waals surface area (Å²) in [6.07, 6.45) is 0. The molecular formula is C12H10ClF2NO2S2. The minimum atomic E-state index is -4.53. The van der Waals surface area contributed by atoms with E-state index in [1.807, 2.05) is 6.07 Å². The van der Waals surface area contributed by atoms with Gasteiger partial charge in [-0.15, -0.1) is 11.3 Å². The number of thiophene rings is 1. The van der Waals surface area contributed by atoms with Crippen LogP contribution in [0.4, 0.5) is 14.5 Å². The zero-order valence-corrected chi connectivity index (χ0v) is 12.4. The average molecular weight is 338 g/mol. The molecule has 0 saturated carbocycles. The molecule has 0 atom stereocenters. The van der Waals surface area contributed by atoms with Gasteiger partial charge in [-0.3, -0.25) is 0 Å². The Hall–Kier alpha value is -1.18. The van der Waals surface area contributed by atoms with Gasteiger partial charge in [-0.2, -0.15) is 8.78 Å². The van der Waals surface area contributed by atoms with Crippen molar-refractivity contribution in [3.8, 4) is 0 Å². The Bertz CT molecular complexity index is 684. The molecule has 0 fully saturated rings. The Morgan fingerprint density at radius 3 is 2.30 bits per heavy atom. The maximum atomic E-state index is 12.4. The van der Waals surface area contributed by atoms with Crippen molar-refractivity contribution in [2.24, 2.45) is 0 Å². The van der Waals surface area contributed by atoms with Crippen molar-refractivity contribution in [3.05, 3.63) is 45.6 Å². The van der Waals surface area contributed by atoms with Crippen LogP contribution < -0.4 is 5.32 Å². The second kappa shape index (κ2) is 6.07. The number of hydrogen-bond donors (Lipinski definition) is 1. The molecule has 0 aliphatic heterocycles. The molecule has 0 spiro atoms. The van der Waals surface area contributed by atoms with E-state index in [0.29, 0.717) is 16.6 Å². The van der Waals surface area contributed by atoms with Gasteiger partial charge >= 0.3 is 5.76 Å². The Balaban J connectivity index is 2.05. The molecule has 0 saturated heterocycles. The summed E-state index contributed by atoms with van der Waals surface area (Å²) in [7, 11) is -4.53. The zero-order valence-electron chi connectivity index (χ0n) is 10.0. The molecule has 8 heteroatoms. The highest BCUT2D eigenvalue weighted by atomic mass is 35.5. The highest BCUT2D eigenvalue weighted by Gasteiger charge is 2.26. The summed E-state index contributed by atoms with van der Waals surface area (Å²) in [4.78, 5) is 0.622. The predicted molar refractivity (Wildman–Crippen MR) is 76.3 cm³/mol. The third-order valence-electron chi connectivity index (χ3n) is 2.51. The van der Waals surface area contributed by atoms with Gasteiger partial charge in [-0.05, 0) is 36.4 Å². The molecule has 0 radical (unpaired) electrons. The molecule has 0 aliphatic carbocycles. The third kappa shape index (κ3) is 3.47. The van der Waals surface area contributed by atoms with E-state index in [0.717, 1.165) is 17.0 Å². The number of nitrogens with one attached hydrogen (secondary N) is 1. The number of halogens is 3. The molecule has 0 amide bonds. The minimum absolute atomic E-state index is 0.391. The molecule has 1 aromatic carbocycles. The van der Waals surface area contributed by atoms with Crippen LogP contribution in [0, 0.1) is 0 Å². The Kier molecular flexibility index (Phi) is 4.62. The van der Waals surface area contributed by atoms with E-state index < -0.39 is 20.5 Å². The van der Waals surface area contributed by atoms with Crippen LogP contribution in [0.1, 0.15) is 4.88 Å². The molecule has 1 N–H and O–H groups in total. The number of sulfone groups is 1. The normalized spacial score (nSPS) is 11.8. The highest BCUT2D eigenvalue weighted by Crippen LogP contribution is 2.23. The zero-order chi connectivity index (χ0) is 14.8. The van der Waals surface area contributed by atoms with Crippen molar-refractivity contribution >= 4 is 38.5 Å². The smallest absolute Gasteiger partial charge is 0.341 e. The van der Waals surface area contributed by atoms with Crippen molar-refractivity contribution < 1.29 is 17.2 Å². The first-order chi connectivity index (χ1) is 9.39. The van der Waals surface area contributed by atoms with Crippen LogP contribution in [-0.2, 0) is 16.4 Å². The van der Waals surface area contributed by atoms with Crippen molar-refractivity contribution in [3.63, 3.8) is 0 Å². The molecule has 20 heavy (non-hydrogen) atoms. The van der Waals surface area contributed by atoms with E-state index in [-0.39, 0.29) is 0 Å². The predicted octanol–water partition coefficient (Wildman–Crippen LogP) is 4.01. The van der Waals surface area contributed by atoms with Crippen LogP contribution in [0.3, 0.4) is 0 Å². The van der Waals surface area contributed by atoms with Gasteiger partial charge in [0.05, 0.1) is 9.23 Å². The molecule has 1 aromatic heterocycles. The van der Waals surface area contributed by atoms with Gasteiger partial charge in [0.2, 0.25) is 9.84 Å². The van der Waals surface area contributed by atoms with Gasteiger partial charge in [-0.25, -0.2) is 8.42 Å². The lowest BCUT2D eigenvalue weighted by molar-refractivity contribution is 0.234. The van der Waals surface area contributed by atoms with Crippen LogP contribution in [0.25, 0.3) is 0 Å². The summed E-state index contributed by atoms with van der Waals surface area (Å²) < 4.78 is 47.9. The molecule has 1 heterocycles. The fraction of sp³-hybridized carbons (Fsp3) is 0.167. The topological polar surface area (TPSA) is 46.2 Å². The lowest BCUT2D eigenvalue weighted by Crippen LogP contribution is -2.11. The van der Waals surface area contributed by atoms with Crippen LogP contribution in [-0.4, -0.2) is 14.2 Å². The summed E-state index contributed by atoms with van der Waals surface area (Å²) in [5, 5.41) is 3.05. The summed E-state index contributed by atoms with van der Waals surface area (Å²) >= 11 is 7.22. The summed E-state index contributed by atoms with van der Waals surface area (Å²) in [6, 6.07) is 8.86. The van der Waals surface area contributed by atoms with Gasteiger partial charge in [0.1, 0.15) is 0 Å². The molecule has 2 aromatic rings. The summed E-state index contributed by atoms with van der Waals surface area (Å²) in [5.41, 5.74) is 0.641. The van der Waals surface area contributed by atoms with Crippen molar-refractivity contribution in [1.82, 2.24) is 0 Å². The lowest BCUT2D eigenvalue weighted by Gasteiger charge is -2.07. The Labute approximate surface area is 124 Å². The number of benzene rings is 1. The Morgan fingerprint density at radius 2 is 1.80 bits per heavy atom. The van der Waals surface area contributed by atoms with E-state index in [9.17, 15) is 17.2 Å². The quantitative estimate of drug-likeness (QED) is 0.896. The van der Waals surface area contributed by atoms with Gasteiger partial charge in [-0.1, -0.05) is 11.6 Å². The minimum Gasteiger partial charge on any atom is -0.380 e. The standard InChI is InChI=1S/C12H10ClF2NO2S2/c13-11-6-3-9(19-11)7-16-8-1-4-10(5-2-8)20(17,18)12(14)15/h1-6,12,16H,7H2. The summed E-state index contributed by atoms with van der Waals surface area (Å²) in [6.45, 7) is 0.526. The molecule has 3 nitrogen and oxygen atoms in total. The van der Waals surface area contributed by atoms with E-state index in [4.69, 9.17) is 11.6 Å². The fourth-order valence-corrected chi connectivity index (χ4v) is 3.25. The molecule has 108 valence electrons. The average Bonchev–Trinajstić information content (AvgIpc) is 2.82. The number of hydrogen-bond acceptors (Lipinski definition) is 4. The van der Waals surface area contributed by atoms with Crippen LogP contribution in [0.2, 0.25) is 4.34 Å². The first kappa shape index (κ1) is 15.2. The third-order valence-corrected chi connectivity index (χ3v) is 5.14. The van der Waals surface area contributed by atoms with Crippen LogP contribution >= 0.6 is 22.9 Å². The first-order valence-corrected chi connectivity index (χ1v) is 8.24. The highest BCUT2D eigenvalue weighted by molar-refractivity contribution is 7.91. The van der Waals surface area contributed by atoms with Gasteiger partial charge in [0.25, 0.3) is 0 Å². The van der Waals surface area contributed by atoms with E-state index >= 15 is 0 Å². The van der Waals surface area contributed by atoms with Crippen LogP contribution in [0.15, 0.2) is 41.3 Å². The maximum Gasteiger partial charge on any atom is 0.341 e. The fourth-order valence-electron chi connectivity index (χ4n) is 1.50.